The molecule has 0 aliphatic rings. The van der Waals surface area contributed by atoms with Crippen LogP contribution in [0, 0.1) is 17.0 Å². The Balaban J connectivity index is 3.04. The molecule has 4 nitrogen and oxygen atoms in total. The predicted octanol–water partition coefficient (Wildman–Crippen LogP) is 2.00. The summed E-state index contributed by atoms with van der Waals surface area (Å²) in [7, 11) is 0.753. The Kier molecular flexibility index (Phi) is 4.90. The van der Waals surface area contributed by atoms with Gasteiger partial charge < -0.3 is 4.81 Å². The number of nitro groups is 1. The molecule has 0 amide bonds. The van der Waals surface area contributed by atoms with Crippen molar-refractivity contribution in [3.63, 3.8) is 0 Å². The van der Waals surface area contributed by atoms with Crippen LogP contribution in [0.1, 0.15) is 33.3 Å². The summed E-state index contributed by atoms with van der Waals surface area (Å²) in [5, 5.41) is 10.9. The smallest absolute Gasteiger partial charge is 0.271 e. The van der Waals surface area contributed by atoms with Gasteiger partial charge in [-0.05, 0) is 19.0 Å². The van der Waals surface area contributed by atoms with Crippen LogP contribution in [0.15, 0.2) is 18.2 Å². The van der Waals surface area contributed by atoms with E-state index in [0.29, 0.717) is 12.1 Å². The third kappa shape index (κ3) is 3.32. The van der Waals surface area contributed by atoms with E-state index in [4.69, 9.17) is 0 Å². The third-order valence-electron chi connectivity index (χ3n) is 3.29. The molecule has 0 fully saturated rings. The zero-order chi connectivity index (χ0) is 13.9. The Hall–Kier alpha value is -1.36. The molecule has 0 unspecified atom stereocenters. The maximum Gasteiger partial charge on any atom is 0.271 e. The van der Waals surface area contributed by atoms with Crippen LogP contribution in [0.2, 0.25) is 0 Å². The minimum Gasteiger partial charge on any atom is -0.337 e. The van der Waals surface area contributed by atoms with Crippen LogP contribution >= 0.6 is 0 Å². The quantitative estimate of drug-likeness (QED) is 0.455. The molecule has 0 aliphatic carbocycles. The van der Waals surface area contributed by atoms with Gasteiger partial charge in [0, 0.05) is 11.6 Å². The van der Waals surface area contributed by atoms with Crippen molar-refractivity contribution in [3.8, 4) is 0 Å². The molecule has 0 atom stereocenters. The fourth-order valence-corrected chi connectivity index (χ4v) is 2.20. The van der Waals surface area contributed by atoms with Gasteiger partial charge >= 0.3 is 0 Å². The zero-order valence-electron chi connectivity index (χ0n) is 11.8. The van der Waals surface area contributed by atoms with Gasteiger partial charge in [-0.3, -0.25) is 10.1 Å². The van der Waals surface area contributed by atoms with Crippen LogP contribution in [0.5, 0.6) is 0 Å². The van der Waals surface area contributed by atoms with Gasteiger partial charge in [0.15, 0.2) is 0 Å². The van der Waals surface area contributed by atoms with E-state index in [-0.39, 0.29) is 10.6 Å². The summed E-state index contributed by atoms with van der Waals surface area (Å²) in [6, 6.07) is 6.14. The summed E-state index contributed by atoms with van der Waals surface area (Å²) < 4.78 is 0. The lowest BCUT2D eigenvalue weighted by Crippen LogP contribution is -2.45. The number of rotatable bonds is 5. The molecule has 0 aliphatic heterocycles. The lowest BCUT2D eigenvalue weighted by molar-refractivity contribution is -0.385. The van der Waals surface area contributed by atoms with E-state index in [1.165, 1.54) is 0 Å². The molecule has 0 N–H and O–H groups in total. The summed E-state index contributed by atoms with van der Waals surface area (Å²) in [6.45, 7) is 10.4. The van der Waals surface area contributed by atoms with Gasteiger partial charge in [0.05, 0.1) is 4.92 Å². The Morgan fingerprint density at radius 3 is 2.22 bits per heavy atom. The molecule has 5 heteroatoms. The van der Waals surface area contributed by atoms with Crippen molar-refractivity contribution >= 4 is 18.6 Å². The van der Waals surface area contributed by atoms with E-state index in [2.05, 4.69) is 32.5 Å². The molecule has 98 valence electrons. The highest BCUT2D eigenvalue weighted by Crippen LogP contribution is 2.15. The van der Waals surface area contributed by atoms with E-state index >= 15 is 0 Å². The molecule has 0 aromatic heterocycles. The lowest BCUT2D eigenvalue weighted by atomic mass is 9.75. The summed E-state index contributed by atoms with van der Waals surface area (Å²) in [5.41, 5.74) is 2.01. The van der Waals surface area contributed by atoms with Crippen LogP contribution in [0.4, 0.5) is 5.69 Å². The van der Waals surface area contributed by atoms with Crippen molar-refractivity contribution in [3.05, 3.63) is 33.9 Å². The second-order valence-electron chi connectivity index (χ2n) is 5.18. The topological polar surface area (TPSA) is 46.4 Å². The molecule has 18 heavy (non-hydrogen) atoms. The second-order valence-corrected chi connectivity index (χ2v) is 5.18. The van der Waals surface area contributed by atoms with E-state index in [9.17, 15) is 10.1 Å². The summed E-state index contributed by atoms with van der Waals surface area (Å²) in [6.07, 6.45) is 0. The average molecular weight is 248 g/mol. The van der Waals surface area contributed by atoms with Crippen molar-refractivity contribution in [2.24, 2.45) is 0 Å². The third-order valence-corrected chi connectivity index (χ3v) is 3.29. The van der Waals surface area contributed by atoms with Gasteiger partial charge in [-0.2, -0.15) is 0 Å². The number of hydrogen-bond donors (Lipinski definition) is 0. The highest BCUT2D eigenvalue weighted by atomic mass is 16.6. The fourth-order valence-electron chi connectivity index (χ4n) is 2.20. The van der Waals surface area contributed by atoms with Crippen molar-refractivity contribution < 1.29 is 4.92 Å². The van der Waals surface area contributed by atoms with E-state index in [1.54, 1.807) is 12.1 Å². The SMILES string of the molecule is Cc1c(BN(C(C)C)C(C)C)cccc1[N+](=O)[O-]. The van der Waals surface area contributed by atoms with Gasteiger partial charge in [-0.15, -0.1) is 0 Å². The monoisotopic (exact) mass is 248 g/mol. The van der Waals surface area contributed by atoms with E-state index in [1.807, 2.05) is 13.0 Å². The molecule has 0 bridgehead atoms. The van der Waals surface area contributed by atoms with Gasteiger partial charge in [-0.1, -0.05) is 45.3 Å². The first-order chi connectivity index (χ1) is 8.34. The summed E-state index contributed by atoms with van der Waals surface area (Å²) in [4.78, 5) is 12.9. The zero-order valence-corrected chi connectivity index (χ0v) is 11.8. The normalized spacial score (nSPS) is 11.3. The molecule has 1 aromatic rings. The summed E-state index contributed by atoms with van der Waals surface area (Å²) in [5.74, 6) is 0. The molecule has 0 radical (unpaired) electrons. The Labute approximate surface area is 109 Å². The van der Waals surface area contributed by atoms with Crippen LogP contribution in [-0.2, 0) is 0 Å². The minimum absolute atomic E-state index is 0.208. The number of nitro benzene ring substituents is 1. The first-order valence-electron chi connectivity index (χ1n) is 6.33. The van der Waals surface area contributed by atoms with E-state index in [0.717, 1.165) is 18.4 Å². The minimum atomic E-state index is -0.312. The van der Waals surface area contributed by atoms with E-state index < -0.39 is 0 Å². The van der Waals surface area contributed by atoms with Gasteiger partial charge in [0.1, 0.15) is 0 Å². The van der Waals surface area contributed by atoms with Crippen molar-refractivity contribution in [1.82, 2.24) is 4.81 Å². The Morgan fingerprint density at radius 1 is 1.22 bits per heavy atom. The molecule has 0 spiro atoms. The molecular formula is C13H21BN2O2. The Morgan fingerprint density at radius 2 is 1.78 bits per heavy atom. The first-order valence-corrected chi connectivity index (χ1v) is 6.33. The predicted molar refractivity (Wildman–Crippen MR) is 76.7 cm³/mol. The molecule has 1 aromatic carbocycles. The fraction of sp³-hybridized carbons (Fsp3) is 0.538. The molecule has 0 saturated carbocycles. The van der Waals surface area contributed by atoms with Crippen molar-refractivity contribution in [1.29, 1.82) is 0 Å². The molecule has 0 saturated heterocycles. The second kappa shape index (κ2) is 6.00. The largest absolute Gasteiger partial charge is 0.337 e. The highest BCUT2D eigenvalue weighted by molar-refractivity contribution is 6.51. The Bertz CT molecular complexity index is 425. The maximum absolute atomic E-state index is 10.9. The van der Waals surface area contributed by atoms with Gasteiger partial charge in [-0.25, -0.2) is 0 Å². The maximum atomic E-state index is 10.9. The van der Waals surface area contributed by atoms with Crippen molar-refractivity contribution in [2.45, 2.75) is 46.7 Å². The summed E-state index contributed by atoms with van der Waals surface area (Å²) >= 11 is 0. The lowest BCUT2D eigenvalue weighted by Gasteiger charge is -2.30. The van der Waals surface area contributed by atoms with Gasteiger partial charge in [0.25, 0.3) is 5.69 Å². The average Bonchev–Trinajstić information content (AvgIpc) is 2.26. The van der Waals surface area contributed by atoms with Crippen molar-refractivity contribution in [2.75, 3.05) is 0 Å². The number of nitrogens with zero attached hydrogens (tertiary/aromatic N) is 2. The number of benzene rings is 1. The van der Waals surface area contributed by atoms with Crippen LogP contribution < -0.4 is 5.46 Å². The van der Waals surface area contributed by atoms with Gasteiger partial charge in [0.2, 0.25) is 7.41 Å². The molecular weight excluding hydrogens is 227 g/mol. The standard InChI is InChI=1S/C13H21BN2O2/c1-9(2)15(10(3)4)14-12-7-6-8-13(11(12)5)16(17)18/h6-10,14H,1-5H3. The molecule has 0 heterocycles. The van der Waals surface area contributed by atoms with Crippen LogP contribution in [-0.4, -0.2) is 29.2 Å². The number of hydrogen-bond acceptors (Lipinski definition) is 3. The van der Waals surface area contributed by atoms with Crippen LogP contribution in [0.25, 0.3) is 0 Å². The highest BCUT2D eigenvalue weighted by Gasteiger charge is 2.19. The molecule has 1 rings (SSSR count). The van der Waals surface area contributed by atoms with Crippen LogP contribution in [0.3, 0.4) is 0 Å². The first kappa shape index (κ1) is 14.7.